The van der Waals surface area contributed by atoms with Crippen LogP contribution in [0.2, 0.25) is 0 Å². The second-order valence-electron chi connectivity index (χ2n) is 16.5. The van der Waals surface area contributed by atoms with E-state index in [0.29, 0.717) is 78.6 Å². The molecule has 0 N–H and O–H groups in total. The number of anilines is 3. The Morgan fingerprint density at radius 3 is 1.12 bits per heavy atom. The molecule has 0 saturated carbocycles. The van der Waals surface area contributed by atoms with Gasteiger partial charge in [-0.05, 0) is 72.8 Å². The Morgan fingerprint density at radius 1 is 0.324 bits per heavy atom. The molecular formula is C60H37N5O3. The number of nitrogens with zero attached hydrogens (tertiary/aromatic N) is 5. The van der Waals surface area contributed by atoms with Crippen LogP contribution >= 0.6 is 0 Å². The van der Waals surface area contributed by atoms with Gasteiger partial charge in [-0.1, -0.05) is 152 Å². The van der Waals surface area contributed by atoms with E-state index in [4.69, 9.17) is 24.7 Å². The molecule has 68 heavy (non-hydrogen) atoms. The summed E-state index contributed by atoms with van der Waals surface area (Å²) in [5.74, 6) is 1.05. The summed E-state index contributed by atoms with van der Waals surface area (Å²) >= 11 is 0. The van der Waals surface area contributed by atoms with E-state index in [0.717, 1.165) is 39.3 Å². The maximum Gasteiger partial charge on any atom is 0.193 e. The van der Waals surface area contributed by atoms with Crippen LogP contribution in [0, 0.1) is 0 Å². The summed E-state index contributed by atoms with van der Waals surface area (Å²) in [4.78, 5) is 50.3. The summed E-state index contributed by atoms with van der Waals surface area (Å²) in [6, 6.07) is 72.0. The molecule has 0 spiro atoms. The highest BCUT2D eigenvalue weighted by atomic mass is 16.5. The van der Waals surface area contributed by atoms with Crippen LogP contribution in [-0.4, -0.2) is 31.5 Å². The van der Waals surface area contributed by atoms with Crippen molar-refractivity contribution in [3.63, 3.8) is 0 Å². The van der Waals surface area contributed by atoms with E-state index in [1.54, 1.807) is 0 Å². The number of carbonyl (C=O) groups excluding carboxylic acids is 2. The number of hydrogen-bond acceptors (Lipinski definition) is 8. The van der Waals surface area contributed by atoms with Crippen molar-refractivity contribution in [1.29, 1.82) is 0 Å². The number of rotatable bonds is 9. The molecule has 12 rings (SSSR count). The smallest absolute Gasteiger partial charge is 0.193 e. The molecule has 11 aromatic rings. The molecule has 8 nitrogen and oxygen atoms in total. The number of benzene rings is 9. The van der Waals surface area contributed by atoms with Crippen molar-refractivity contribution < 1.29 is 14.3 Å². The largest absolute Gasteiger partial charge is 0.453 e. The molecule has 3 heterocycles. The number of hydrogen-bond donors (Lipinski definition) is 0. The zero-order valence-corrected chi connectivity index (χ0v) is 36.3. The van der Waals surface area contributed by atoms with Gasteiger partial charge in [-0.25, -0.2) is 19.9 Å². The molecule has 0 unspecified atom stereocenters. The van der Waals surface area contributed by atoms with E-state index < -0.39 is 0 Å². The Labute approximate surface area is 391 Å². The van der Waals surface area contributed by atoms with Gasteiger partial charge in [0, 0.05) is 50.2 Å². The lowest BCUT2D eigenvalue weighted by molar-refractivity contribution is 0.103. The second-order valence-corrected chi connectivity index (χ2v) is 16.5. The highest BCUT2D eigenvalue weighted by Gasteiger charge is 2.29. The predicted octanol–water partition coefficient (Wildman–Crippen LogP) is 14.3. The number of aromatic nitrogens is 4. The molecule has 320 valence electrons. The molecule has 0 aliphatic carbocycles. The van der Waals surface area contributed by atoms with Gasteiger partial charge >= 0.3 is 0 Å². The lowest BCUT2D eigenvalue weighted by atomic mass is 9.99. The quantitative estimate of drug-likeness (QED) is 0.132. The fourth-order valence-corrected chi connectivity index (χ4v) is 8.86. The van der Waals surface area contributed by atoms with Gasteiger partial charge < -0.3 is 9.64 Å². The first-order chi connectivity index (χ1) is 33.5. The van der Waals surface area contributed by atoms with Crippen LogP contribution in [0.3, 0.4) is 0 Å². The molecule has 1 aliphatic heterocycles. The van der Waals surface area contributed by atoms with Crippen molar-refractivity contribution in [2.45, 2.75) is 0 Å². The maximum atomic E-state index is 13.6. The maximum absolute atomic E-state index is 13.6. The Morgan fingerprint density at radius 2 is 0.691 bits per heavy atom. The van der Waals surface area contributed by atoms with E-state index >= 15 is 0 Å². The second kappa shape index (κ2) is 16.9. The van der Waals surface area contributed by atoms with Crippen LogP contribution in [-0.2, 0) is 0 Å². The number of carbonyl (C=O) groups is 2. The summed E-state index contributed by atoms with van der Waals surface area (Å²) in [5, 5.41) is 0. The predicted molar refractivity (Wildman–Crippen MR) is 269 cm³/mol. The fourth-order valence-electron chi connectivity index (χ4n) is 8.86. The van der Waals surface area contributed by atoms with Gasteiger partial charge in [0.15, 0.2) is 23.1 Å². The monoisotopic (exact) mass is 875 g/mol. The topological polar surface area (TPSA) is 98.2 Å². The van der Waals surface area contributed by atoms with E-state index in [1.165, 1.54) is 0 Å². The number of ether oxygens (including phenoxy) is 1. The van der Waals surface area contributed by atoms with Gasteiger partial charge in [-0.3, -0.25) is 9.59 Å². The molecule has 0 saturated heterocycles. The number of fused-ring (bicyclic) bond motifs is 4. The average Bonchev–Trinajstić information content (AvgIpc) is 3.41. The Bertz CT molecular complexity index is 3510. The van der Waals surface area contributed by atoms with Crippen molar-refractivity contribution in [2.24, 2.45) is 0 Å². The minimum atomic E-state index is -0.0855. The molecule has 0 bridgehead atoms. The summed E-state index contributed by atoms with van der Waals surface area (Å²) in [5.41, 5.74) is 13.6. The van der Waals surface area contributed by atoms with Crippen LogP contribution < -0.4 is 9.64 Å². The summed E-state index contributed by atoms with van der Waals surface area (Å²) < 4.78 is 6.99. The highest BCUT2D eigenvalue weighted by molar-refractivity contribution is 6.11. The average molecular weight is 876 g/mol. The van der Waals surface area contributed by atoms with E-state index in [-0.39, 0.29) is 11.6 Å². The van der Waals surface area contributed by atoms with E-state index in [2.05, 4.69) is 29.2 Å². The van der Waals surface area contributed by atoms with Crippen LogP contribution in [0.15, 0.2) is 224 Å². The van der Waals surface area contributed by atoms with Gasteiger partial charge in [-0.2, -0.15) is 0 Å². The molecule has 0 amide bonds. The van der Waals surface area contributed by atoms with Crippen molar-refractivity contribution >= 4 is 50.7 Å². The Balaban J connectivity index is 1.00. The molecule has 2 aromatic heterocycles. The zero-order chi connectivity index (χ0) is 45.6. The van der Waals surface area contributed by atoms with Gasteiger partial charge in [0.1, 0.15) is 0 Å². The van der Waals surface area contributed by atoms with Crippen molar-refractivity contribution in [1.82, 2.24) is 19.9 Å². The summed E-state index contributed by atoms with van der Waals surface area (Å²) in [6.45, 7) is 0. The van der Waals surface area contributed by atoms with Crippen molar-refractivity contribution in [2.75, 3.05) is 4.90 Å². The lowest BCUT2D eigenvalue weighted by Gasteiger charge is -2.33. The van der Waals surface area contributed by atoms with Gasteiger partial charge in [0.25, 0.3) is 0 Å². The first kappa shape index (κ1) is 40.1. The molecule has 0 radical (unpaired) electrons. The van der Waals surface area contributed by atoms with Crippen LogP contribution in [0.1, 0.15) is 31.8 Å². The van der Waals surface area contributed by atoms with E-state index in [9.17, 15) is 9.59 Å². The summed E-state index contributed by atoms with van der Waals surface area (Å²) in [6.07, 6.45) is 0. The molecule has 1 aliphatic rings. The molecule has 8 heteroatoms. The third-order valence-corrected chi connectivity index (χ3v) is 12.2. The van der Waals surface area contributed by atoms with Crippen molar-refractivity contribution in [3.8, 4) is 56.5 Å². The third-order valence-electron chi connectivity index (χ3n) is 12.2. The normalized spacial score (nSPS) is 11.7. The Hall–Kier alpha value is -9.40. The molecular weight excluding hydrogens is 839 g/mol. The SMILES string of the molecule is O=C(c1ccccc1)c1ccc2nc(-c3ccccc3)c(-c3ccc4c(c3)Oc3cc(-c5nc6cc(C(=O)c7ccccc7)ccc6nc5-c5ccccc5)ccc3N4c3ccccc3)nc2c1. The van der Waals surface area contributed by atoms with Crippen LogP contribution in [0.4, 0.5) is 17.1 Å². The Kier molecular flexibility index (Phi) is 9.95. The minimum absolute atomic E-state index is 0.0855. The van der Waals surface area contributed by atoms with E-state index in [1.807, 2.05) is 200 Å². The van der Waals surface area contributed by atoms with Gasteiger partial charge in [0.05, 0.1) is 56.2 Å². The molecule has 0 fully saturated rings. The zero-order valence-electron chi connectivity index (χ0n) is 36.3. The minimum Gasteiger partial charge on any atom is -0.453 e. The summed E-state index contributed by atoms with van der Waals surface area (Å²) in [7, 11) is 0. The highest BCUT2D eigenvalue weighted by Crippen LogP contribution is 2.53. The number of para-hydroxylation sites is 1. The van der Waals surface area contributed by atoms with Crippen molar-refractivity contribution in [3.05, 3.63) is 247 Å². The fraction of sp³-hybridized carbons (Fsp3) is 0. The first-order valence-electron chi connectivity index (χ1n) is 22.3. The lowest BCUT2D eigenvalue weighted by Crippen LogP contribution is -2.16. The number of ketones is 2. The molecule has 9 aromatic carbocycles. The first-order valence-corrected chi connectivity index (χ1v) is 22.3. The standard InChI is InChI=1S/C60H37N5O3/c66-59(40-20-10-3-11-21-40)44-26-30-47-49(34-44)63-57(55(61-47)38-16-6-1-7-17-38)42-28-32-51-53(36-42)68-54-37-43(29-33-52(54)65(51)46-24-14-5-15-25-46)58-56(39-18-8-2-9-19-39)62-48-31-27-45(35-50(48)64-58)60(67)41-22-12-4-13-23-41/h1-37H. The van der Waals surface area contributed by atoms with Gasteiger partial charge in [-0.15, -0.1) is 0 Å². The van der Waals surface area contributed by atoms with Gasteiger partial charge in [0.2, 0.25) is 0 Å². The van der Waals surface area contributed by atoms with Crippen LogP contribution in [0.5, 0.6) is 11.5 Å². The third kappa shape index (κ3) is 7.32. The molecule has 0 atom stereocenters. The van der Waals surface area contributed by atoms with Crippen LogP contribution in [0.25, 0.3) is 67.1 Å².